The second-order valence-corrected chi connectivity index (χ2v) is 28.6. The molecule has 4 aliphatic rings. The summed E-state index contributed by atoms with van der Waals surface area (Å²) < 4.78 is 55.3. The molecule has 7 nitrogen and oxygen atoms in total. The molecule has 0 radical (unpaired) electrons. The highest BCUT2D eigenvalue weighted by Gasteiger charge is 2.68. The van der Waals surface area contributed by atoms with E-state index in [-0.39, 0.29) is 63.1 Å². The zero-order valence-corrected chi connectivity index (χ0v) is 31.2. The summed E-state index contributed by atoms with van der Waals surface area (Å²) in [6, 6.07) is 0. The normalized spacial score (nSPS) is 37.8. The third-order valence-electron chi connectivity index (χ3n) is 13.2. The van der Waals surface area contributed by atoms with E-state index in [0.717, 1.165) is 19.3 Å². The van der Waals surface area contributed by atoms with E-state index < -0.39 is 32.2 Å². The van der Waals surface area contributed by atoms with Crippen LogP contribution in [0.3, 0.4) is 0 Å². The van der Waals surface area contributed by atoms with Crippen molar-refractivity contribution in [3.8, 4) is 0 Å². The Bertz CT molecular complexity index is 1210. The van der Waals surface area contributed by atoms with Gasteiger partial charge in [0.2, 0.25) is 0 Å². The lowest BCUT2D eigenvalue weighted by Crippen LogP contribution is -2.66. The number of allylic oxidation sites excluding steroid dienone is 1. The number of cyclic esters (lactones) is 1. The predicted molar refractivity (Wildman–Crippen MR) is 173 cm³/mol. The van der Waals surface area contributed by atoms with Crippen molar-refractivity contribution in [2.24, 2.45) is 34.0 Å². The maximum absolute atomic E-state index is 12.6. The highest BCUT2D eigenvalue weighted by Crippen LogP contribution is 2.70. The van der Waals surface area contributed by atoms with Crippen molar-refractivity contribution in [3.05, 3.63) is 11.6 Å². The van der Waals surface area contributed by atoms with Crippen LogP contribution >= 0.6 is 0 Å². The molecule has 242 valence electrons. The van der Waals surface area contributed by atoms with Crippen LogP contribution in [-0.4, -0.2) is 60.6 Å². The molecule has 3 unspecified atom stereocenters. The van der Waals surface area contributed by atoms with Crippen LogP contribution in [0.15, 0.2) is 11.6 Å². The minimum Gasteiger partial charge on any atom is -0.462 e. The largest absolute Gasteiger partial charge is 0.462 e. The van der Waals surface area contributed by atoms with Crippen LogP contribution in [-0.2, 0) is 28.5 Å². The van der Waals surface area contributed by atoms with Gasteiger partial charge in [-0.1, -0.05) is 61.5 Å². The first-order valence-corrected chi connectivity index (χ1v) is 23.4. The summed E-state index contributed by atoms with van der Waals surface area (Å²) in [7, 11) is -8.45. The fraction of sp³-hybridized carbons (Fsp3) is 0.906. The molecule has 0 bridgehead atoms. The first kappa shape index (κ1) is 34.3. The van der Waals surface area contributed by atoms with Gasteiger partial charge in [-0.05, 0) is 85.6 Å². The number of carbonyl (C=O) groups is 1. The third-order valence-corrected chi connectivity index (χ3v) is 23.0. The van der Waals surface area contributed by atoms with Gasteiger partial charge in [0.25, 0.3) is 10.1 Å². The number of fused-ring (bicyclic) bond motifs is 5. The highest BCUT2D eigenvalue weighted by atomic mass is 32.2. The summed E-state index contributed by atoms with van der Waals surface area (Å²) in [6.45, 7) is 28.5. The summed E-state index contributed by atoms with van der Waals surface area (Å²) in [5.41, 5.74) is -0.608. The van der Waals surface area contributed by atoms with Crippen LogP contribution in [0.1, 0.15) is 87.5 Å². The summed E-state index contributed by atoms with van der Waals surface area (Å²) >= 11 is 0. The Morgan fingerprint density at radius 1 is 0.976 bits per heavy atom. The number of hydrogen-bond acceptors (Lipinski definition) is 6. The van der Waals surface area contributed by atoms with Crippen LogP contribution in [0.4, 0.5) is 0 Å². The van der Waals surface area contributed by atoms with E-state index >= 15 is 0 Å². The van der Waals surface area contributed by atoms with Gasteiger partial charge >= 0.3 is 5.97 Å². The molecule has 0 aromatic carbocycles. The maximum atomic E-state index is 12.6. The Hall–Kier alpha value is -0.526. The monoisotopic (exact) mass is 642 g/mol. The highest BCUT2D eigenvalue weighted by molar-refractivity contribution is 7.85. The zero-order valence-electron chi connectivity index (χ0n) is 28.3. The number of ether oxygens (including phenoxy) is 1. The first-order valence-electron chi connectivity index (χ1n) is 15.9. The van der Waals surface area contributed by atoms with Crippen LogP contribution < -0.4 is 0 Å². The minimum absolute atomic E-state index is 0.00468. The van der Waals surface area contributed by atoms with E-state index in [1.807, 2.05) is 6.08 Å². The zero-order chi connectivity index (χ0) is 31.9. The Labute approximate surface area is 257 Å². The molecule has 42 heavy (non-hydrogen) atoms. The molecule has 3 aliphatic carbocycles. The van der Waals surface area contributed by atoms with Gasteiger partial charge in [0.15, 0.2) is 16.6 Å². The van der Waals surface area contributed by atoms with E-state index in [4.69, 9.17) is 13.6 Å². The number of hydrogen-bond donors (Lipinski definition) is 1. The molecule has 10 heteroatoms. The van der Waals surface area contributed by atoms with Gasteiger partial charge in [0, 0.05) is 28.9 Å². The van der Waals surface area contributed by atoms with Gasteiger partial charge in [-0.3, -0.25) is 4.55 Å². The van der Waals surface area contributed by atoms with Gasteiger partial charge < -0.3 is 13.6 Å². The molecule has 1 aliphatic heterocycles. The molecular formula is C32H58O7SSi2. The van der Waals surface area contributed by atoms with Gasteiger partial charge in [0.05, 0.1) is 18.5 Å². The third kappa shape index (κ3) is 5.67. The SMILES string of the molecule is CC(C)(C)[Si](C)(C)OC[C@@]1(C)C2CC[C@]3(CS(=O)(=O)O)C4COC(=O)C4=CCC3[C@]2(C)CC[C@H]1O[Si](C)(C)C(C)(C)C. The average molecular weight is 643 g/mol. The van der Waals surface area contributed by atoms with E-state index in [9.17, 15) is 17.8 Å². The Morgan fingerprint density at radius 3 is 2.12 bits per heavy atom. The van der Waals surface area contributed by atoms with Crippen LogP contribution in [0, 0.1) is 34.0 Å². The van der Waals surface area contributed by atoms with Gasteiger partial charge in [0.1, 0.15) is 0 Å². The molecule has 4 rings (SSSR count). The first-order chi connectivity index (χ1) is 18.8. The van der Waals surface area contributed by atoms with Crippen LogP contribution in [0.5, 0.6) is 0 Å². The molecule has 0 amide bonds. The van der Waals surface area contributed by atoms with Crippen molar-refractivity contribution >= 4 is 32.7 Å². The summed E-state index contributed by atoms with van der Waals surface area (Å²) in [4.78, 5) is 12.6. The standard InChI is InChI=1S/C32H58O7SSi2/c1-28(2,3)41(9,10)38-20-31(8)24-15-18-32(21-40(34,35)36)23-19-37-27(33)22(23)13-14-25(32)30(24,7)17-16-26(31)39-42(11,12)29(4,5)6/h13,23-26H,14-21H2,1-12H3,(H,34,35,36)/t23?,24?,25?,26-,30-,31+,32+/m1/s1. The molecule has 0 aromatic heterocycles. The Kier molecular flexibility index (Phi) is 8.59. The van der Waals surface area contributed by atoms with Crippen molar-refractivity contribution in [1.82, 2.24) is 0 Å². The Balaban J connectivity index is 1.80. The summed E-state index contributed by atoms with van der Waals surface area (Å²) in [6.07, 6.45) is 5.90. The molecular weight excluding hydrogens is 585 g/mol. The van der Waals surface area contributed by atoms with Crippen molar-refractivity contribution in [2.45, 2.75) is 130 Å². The number of carbonyl (C=O) groups excluding carboxylic acids is 1. The van der Waals surface area contributed by atoms with E-state index in [0.29, 0.717) is 25.0 Å². The van der Waals surface area contributed by atoms with Crippen molar-refractivity contribution in [3.63, 3.8) is 0 Å². The van der Waals surface area contributed by atoms with Crippen LogP contribution in [0.2, 0.25) is 36.3 Å². The molecule has 1 N–H and O–H groups in total. The van der Waals surface area contributed by atoms with Gasteiger partial charge in [-0.25, -0.2) is 4.79 Å². The quantitative estimate of drug-likeness (QED) is 0.173. The molecule has 2 saturated carbocycles. The van der Waals surface area contributed by atoms with E-state index in [1.165, 1.54) is 0 Å². The lowest BCUT2D eigenvalue weighted by molar-refractivity contribution is -0.191. The summed E-state index contributed by atoms with van der Waals surface area (Å²) in [5, 5.41) is 0.152. The molecule has 1 heterocycles. The minimum atomic E-state index is -4.28. The van der Waals surface area contributed by atoms with Crippen molar-refractivity contribution < 1.29 is 31.4 Å². The smallest absolute Gasteiger partial charge is 0.334 e. The summed E-state index contributed by atoms with van der Waals surface area (Å²) in [5.74, 6) is -0.730. The van der Waals surface area contributed by atoms with E-state index in [1.54, 1.807) is 0 Å². The average Bonchev–Trinajstić information content (AvgIpc) is 3.19. The maximum Gasteiger partial charge on any atom is 0.334 e. The molecule has 7 atom stereocenters. The Morgan fingerprint density at radius 2 is 1.57 bits per heavy atom. The van der Waals surface area contributed by atoms with E-state index in [2.05, 4.69) is 81.6 Å². The molecule has 3 fully saturated rings. The predicted octanol–water partition coefficient (Wildman–Crippen LogP) is 7.61. The second kappa shape index (κ2) is 10.5. The molecule has 0 aromatic rings. The van der Waals surface area contributed by atoms with Crippen molar-refractivity contribution in [1.29, 1.82) is 0 Å². The van der Waals surface area contributed by atoms with Gasteiger partial charge in [-0.15, -0.1) is 0 Å². The lowest BCUT2D eigenvalue weighted by atomic mass is 9.39. The topological polar surface area (TPSA) is 99.1 Å². The molecule has 0 spiro atoms. The second-order valence-electron chi connectivity index (χ2n) is 17.6. The number of esters is 1. The fourth-order valence-corrected chi connectivity index (χ4v) is 12.5. The fourth-order valence-electron chi connectivity index (χ4n) is 8.67. The molecule has 1 saturated heterocycles. The van der Waals surface area contributed by atoms with Crippen molar-refractivity contribution in [2.75, 3.05) is 19.0 Å². The van der Waals surface area contributed by atoms with Crippen LogP contribution in [0.25, 0.3) is 0 Å². The van der Waals surface area contributed by atoms with Gasteiger partial charge in [-0.2, -0.15) is 8.42 Å². The number of rotatable bonds is 7. The lowest BCUT2D eigenvalue weighted by Gasteiger charge is -2.67.